The third kappa shape index (κ3) is 5.25. The minimum atomic E-state index is -3.99. The van der Waals surface area contributed by atoms with Crippen molar-refractivity contribution in [2.75, 3.05) is 10.0 Å². The Balaban J connectivity index is 1.82. The van der Waals surface area contributed by atoms with Gasteiger partial charge in [-0.15, -0.1) is 0 Å². The Morgan fingerprint density at radius 3 is 2.40 bits per heavy atom. The number of nitrogens with one attached hydrogen (secondary N) is 2. The van der Waals surface area contributed by atoms with Crippen LogP contribution < -0.4 is 14.8 Å². The minimum Gasteiger partial charge on any atom is -0.434 e. The van der Waals surface area contributed by atoms with E-state index in [-0.39, 0.29) is 32.6 Å². The van der Waals surface area contributed by atoms with E-state index in [0.29, 0.717) is 0 Å². The average molecular weight is 453 g/mol. The maximum absolute atomic E-state index is 12.7. The quantitative estimate of drug-likeness (QED) is 0.528. The molecule has 0 saturated heterocycles. The number of para-hydroxylation sites is 2. The fraction of sp³-hybridized carbons (Fsp3) is 0.0500. The molecule has 156 valence electrons. The predicted molar refractivity (Wildman–Crippen MR) is 110 cm³/mol. The first-order valence-electron chi connectivity index (χ1n) is 8.49. The molecule has 0 unspecified atom stereocenters. The lowest BCUT2D eigenvalue weighted by molar-refractivity contribution is -0.0501. The van der Waals surface area contributed by atoms with Gasteiger partial charge in [0.15, 0.2) is 0 Å². The number of rotatable bonds is 7. The molecule has 0 saturated carbocycles. The molecule has 3 aromatic rings. The summed E-state index contributed by atoms with van der Waals surface area (Å²) in [5, 5.41) is 2.70. The minimum absolute atomic E-state index is 0.125. The summed E-state index contributed by atoms with van der Waals surface area (Å²) >= 11 is 5.99. The van der Waals surface area contributed by atoms with E-state index in [9.17, 15) is 22.0 Å². The number of carbonyl (C=O) groups is 1. The van der Waals surface area contributed by atoms with Crippen LogP contribution in [-0.4, -0.2) is 20.9 Å². The fourth-order valence-corrected chi connectivity index (χ4v) is 3.90. The van der Waals surface area contributed by atoms with Crippen molar-refractivity contribution in [1.82, 2.24) is 0 Å². The highest BCUT2D eigenvalue weighted by atomic mass is 35.5. The third-order valence-electron chi connectivity index (χ3n) is 3.87. The second kappa shape index (κ2) is 9.10. The van der Waals surface area contributed by atoms with Gasteiger partial charge >= 0.3 is 6.61 Å². The lowest BCUT2D eigenvalue weighted by Gasteiger charge is -2.12. The topological polar surface area (TPSA) is 84.5 Å². The van der Waals surface area contributed by atoms with Crippen molar-refractivity contribution in [2.24, 2.45) is 0 Å². The molecular weight excluding hydrogens is 438 g/mol. The average Bonchev–Trinajstić information content (AvgIpc) is 2.70. The molecule has 0 aromatic heterocycles. The van der Waals surface area contributed by atoms with Crippen LogP contribution in [0.25, 0.3) is 0 Å². The number of anilines is 2. The van der Waals surface area contributed by atoms with Crippen LogP contribution >= 0.6 is 11.6 Å². The number of benzene rings is 3. The van der Waals surface area contributed by atoms with Gasteiger partial charge in [0.05, 0.1) is 21.2 Å². The molecular formula is C20H15ClF2N2O4S. The molecule has 0 fully saturated rings. The molecule has 30 heavy (non-hydrogen) atoms. The molecule has 1 amide bonds. The zero-order valence-corrected chi connectivity index (χ0v) is 16.8. The van der Waals surface area contributed by atoms with Crippen LogP contribution in [0, 0.1) is 0 Å². The van der Waals surface area contributed by atoms with Crippen molar-refractivity contribution in [3.8, 4) is 5.75 Å². The summed E-state index contributed by atoms with van der Waals surface area (Å²) in [5.74, 6) is -1.03. The van der Waals surface area contributed by atoms with E-state index >= 15 is 0 Å². The molecule has 10 heteroatoms. The van der Waals surface area contributed by atoms with Crippen LogP contribution in [-0.2, 0) is 10.0 Å². The van der Waals surface area contributed by atoms with Gasteiger partial charge in [-0.25, -0.2) is 8.42 Å². The number of amides is 1. The number of halogens is 3. The summed E-state index contributed by atoms with van der Waals surface area (Å²) in [6, 6.07) is 17.3. The Bertz CT molecular complexity index is 1170. The maximum atomic E-state index is 12.7. The van der Waals surface area contributed by atoms with Gasteiger partial charge in [0.1, 0.15) is 5.75 Å². The zero-order valence-electron chi connectivity index (χ0n) is 15.2. The molecule has 0 aliphatic carbocycles. The maximum Gasteiger partial charge on any atom is 0.387 e. The van der Waals surface area contributed by atoms with Crippen molar-refractivity contribution in [1.29, 1.82) is 0 Å². The largest absolute Gasteiger partial charge is 0.434 e. The number of ether oxygens (including phenoxy) is 1. The van der Waals surface area contributed by atoms with E-state index in [1.807, 2.05) is 0 Å². The normalized spacial score (nSPS) is 11.2. The van der Waals surface area contributed by atoms with E-state index in [1.165, 1.54) is 60.7 Å². The Kier molecular flexibility index (Phi) is 6.53. The van der Waals surface area contributed by atoms with E-state index in [0.717, 1.165) is 0 Å². The Morgan fingerprint density at radius 1 is 0.967 bits per heavy atom. The second-order valence-corrected chi connectivity index (χ2v) is 8.03. The molecule has 2 N–H and O–H groups in total. The molecule has 0 bridgehead atoms. The van der Waals surface area contributed by atoms with Crippen LogP contribution in [0.15, 0.2) is 77.7 Å². The summed E-state index contributed by atoms with van der Waals surface area (Å²) in [7, 11) is -3.99. The molecule has 0 atom stereocenters. The van der Waals surface area contributed by atoms with Crippen LogP contribution in [0.4, 0.5) is 20.2 Å². The van der Waals surface area contributed by atoms with Crippen LogP contribution in [0.3, 0.4) is 0 Å². The fourth-order valence-electron chi connectivity index (χ4n) is 2.54. The van der Waals surface area contributed by atoms with Gasteiger partial charge in [0, 0.05) is 5.69 Å². The van der Waals surface area contributed by atoms with Crippen LogP contribution in [0.1, 0.15) is 10.4 Å². The highest BCUT2D eigenvalue weighted by Gasteiger charge is 2.18. The van der Waals surface area contributed by atoms with Gasteiger partial charge in [-0.1, -0.05) is 41.9 Å². The van der Waals surface area contributed by atoms with Gasteiger partial charge in [-0.2, -0.15) is 8.78 Å². The third-order valence-corrected chi connectivity index (χ3v) is 5.56. The van der Waals surface area contributed by atoms with Gasteiger partial charge < -0.3 is 10.1 Å². The van der Waals surface area contributed by atoms with Gasteiger partial charge in [-0.05, 0) is 42.5 Å². The van der Waals surface area contributed by atoms with E-state index in [1.54, 1.807) is 12.1 Å². The Hall–Kier alpha value is -3.17. The van der Waals surface area contributed by atoms with Gasteiger partial charge in [0.25, 0.3) is 15.9 Å². The standard InChI is InChI=1S/C20H15ClF2N2O4S/c21-16-9-2-3-10-17(16)25-30(27,28)14-7-5-6-13(12-14)24-19(26)15-8-1-4-11-18(15)29-20(22)23/h1-12,20,25H,(H,24,26). The molecule has 3 rings (SSSR count). The van der Waals surface area contributed by atoms with Crippen molar-refractivity contribution in [3.05, 3.63) is 83.4 Å². The highest BCUT2D eigenvalue weighted by Crippen LogP contribution is 2.26. The SMILES string of the molecule is O=C(Nc1cccc(S(=O)(=O)Nc2ccccc2Cl)c1)c1ccccc1OC(F)F. The van der Waals surface area contributed by atoms with Crippen molar-refractivity contribution in [3.63, 3.8) is 0 Å². The molecule has 6 nitrogen and oxygen atoms in total. The number of hydrogen-bond donors (Lipinski definition) is 2. The van der Waals surface area contributed by atoms with E-state index in [4.69, 9.17) is 11.6 Å². The molecule has 0 aliphatic heterocycles. The highest BCUT2D eigenvalue weighted by molar-refractivity contribution is 7.92. The van der Waals surface area contributed by atoms with Crippen molar-refractivity contribution < 1.29 is 26.7 Å². The molecule has 3 aromatic carbocycles. The molecule has 0 spiro atoms. The van der Waals surface area contributed by atoms with Gasteiger partial charge in [0.2, 0.25) is 0 Å². The van der Waals surface area contributed by atoms with Crippen molar-refractivity contribution in [2.45, 2.75) is 11.5 Å². The first kappa shape index (κ1) is 21.5. The molecule has 0 aliphatic rings. The first-order valence-corrected chi connectivity index (χ1v) is 10.3. The lowest BCUT2D eigenvalue weighted by atomic mass is 10.2. The van der Waals surface area contributed by atoms with Crippen LogP contribution in [0.5, 0.6) is 5.75 Å². The first-order chi connectivity index (χ1) is 14.3. The summed E-state index contributed by atoms with van der Waals surface area (Å²) < 4.78 is 57.1. The number of sulfonamides is 1. The summed E-state index contributed by atoms with van der Waals surface area (Å²) in [4.78, 5) is 12.4. The second-order valence-electron chi connectivity index (χ2n) is 5.94. The predicted octanol–water partition coefficient (Wildman–Crippen LogP) is 4.99. The van der Waals surface area contributed by atoms with E-state index in [2.05, 4.69) is 14.8 Å². The smallest absolute Gasteiger partial charge is 0.387 e. The summed E-state index contributed by atoms with van der Waals surface area (Å²) in [5.41, 5.74) is 0.223. The van der Waals surface area contributed by atoms with Gasteiger partial charge in [-0.3, -0.25) is 9.52 Å². The lowest BCUT2D eigenvalue weighted by Crippen LogP contribution is -2.16. The monoisotopic (exact) mass is 452 g/mol. The van der Waals surface area contributed by atoms with Crippen molar-refractivity contribution >= 4 is 38.9 Å². The Morgan fingerprint density at radius 2 is 1.67 bits per heavy atom. The Labute approximate surface area is 176 Å². The van der Waals surface area contributed by atoms with Crippen LogP contribution in [0.2, 0.25) is 5.02 Å². The number of alkyl halides is 2. The molecule has 0 radical (unpaired) electrons. The summed E-state index contributed by atoms with van der Waals surface area (Å²) in [6.45, 7) is -3.09. The zero-order chi connectivity index (χ0) is 21.7. The summed E-state index contributed by atoms with van der Waals surface area (Å²) in [6.07, 6.45) is 0. The van der Waals surface area contributed by atoms with E-state index < -0.39 is 22.5 Å². The number of carbonyl (C=O) groups excluding carboxylic acids is 1. The number of hydrogen-bond acceptors (Lipinski definition) is 4. The molecule has 0 heterocycles.